The number of amides is 1. The van der Waals surface area contributed by atoms with E-state index in [2.05, 4.69) is 49.8 Å². The largest absolute Gasteiger partial charge is 0.345 e. The van der Waals surface area contributed by atoms with Crippen molar-refractivity contribution < 1.29 is 4.79 Å². The Kier molecular flexibility index (Phi) is 6.96. The van der Waals surface area contributed by atoms with Crippen molar-refractivity contribution in [2.24, 2.45) is 0 Å². The molecule has 2 aromatic carbocycles. The van der Waals surface area contributed by atoms with E-state index in [0.717, 1.165) is 39.2 Å². The molecule has 0 aliphatic heterocycles. The van der Waals surface area contributed by atoms with Crippen molar-refractivity contribution in [3.05, 3.63) is 93.2 Å². The van der Waals surface area contributed by atoms with E-state index in [1.807, 2.05) is 42.5 Å². The van der Waals surface area contributed by atoms with Gasteiger partial charge in [-0.3, -0.25) is 4.79 Å². The maximum absolute atomic E-state index is 13.5. The Hall–Kier alpha value is -2.04. The quantitative estimate of drug-likeness (QED) is 0.372. The summed E-state index contributed by atoms with van der Waals surface area (Å²) in [6, 6.07) is 20.1. The average Bonchev–Trinajstić information content (AvgIpc) is 3.21. The zero-order chi connectivity index (χ0) is 20.9. The van der Waals surface area contributed by atoms with Crippen molar-refractivity contribution in [3.63, 3.8) is 0 Å². The minimum Gasteiger partial charge on any atom is -0.345 e. The van der Waals surface area contributed by atoms with Gasteiger partial charge in [0, 0.05) is 39.5 Å². The molecule has 0 bridgehead atoms. The van der Waals surface area contributed by atoms with Crippen LogP contribution in [0, 0.1) is 0 Å². The van der Waals surface area contributed by atoms with Crippen molar-refractivity contribution >= 4 is 33.4 Å². The van der Waals surface area contributed by atoms with Gasteiger partial charge in [-0.2, -0.15) is 0 Å². The number of hydrogen-bond acceptors (Lipinski definition) is 1. The fraction of sp³-hybridized carbons (Fsp3) is 0.320. The van der Waals surface area contributed by atoms with E-state index in [1.54, 1.807) is 0 Å². The van der Waals surface area contributed by atoms with Gasteiger partial charge < -0.3 is 9.47 Å². The van der Waals surface area contributed by atoms with Crippen LogP contribution in [0.2, 0.25) is 5.02 Å². The first-order valence-corrected chi connectivity index (χ1v) is 11.7. The normalized spacial score (nSPS) is 14.6. The van der Waals surface area contributed by atoms with Crippen molar-refractivity contribution in [2.75, 3.05) is 0 Å². The van der Waals surface area contributed by atoms with Crippen LogP contribution in [0.3, 0.4) is 0 Å². The van der Waals surface area contributed by atoms with E-state index < -0.39 is 0 Å². The lowest BCUT2D eigenvalue weighted by molar-refractivity contribution is 0.0608. The summed E-state index contributed by atoms with van der Waals surface area (Å²) in [5, 5.41) is 0.771. The number of carbonyl (C=O) groups excluding carboxylic acids is 1. The molecule has 30 heavy (non-hydrogen) atoms. The second kappa shape index (κ2) is 9.84. The Morgan fingerprint density at radius 3 is 2.47 bits per heavy atom. The summed E-state index contributed by atoms with van der Waals surface area (Å²) in [5.41, 5.74) is 2.96. The van der Waals surface area contributed by atoms with Crippen molar-refractivity contribution in [1.29, 1.82) is 0 Å². The molecule has 0 saturated heterocycles. The van der Waals surface area contributed by atoms with Crippen LogP contribution in [0.15, 0.2) is 71.3 Å². The average molecular weight is 486 g/mol. The van der Waals surface area contributed by atoms with Crippen LogP contribution in [-0.4, -0.2) is 21.4 Å². The van der Waals surface area contributed by atoms with Gasteiger partial charge in [0.05, 0.1) is 6.54 Å². The topological polar surface area (TPSA) is 25.2 Å². The molecule has 1 aromatic heterocycles. The summed E-state index contributed by atoms with van der Waals surface area (Å²) in [7, 11) is 0. The van der Waals surface area contributed by atoms with E-state index in [0.29, 0.717) is 19.1 Å². The van der Waals surface area contributed by atoms with Crippen LogP contribution < -0.4 is 0 Å². The maximum Gasteiger partial charge on any atom is 0.254 e. The van der Waals surface area contributed by atoms with Crippen LogP contribution in [0.1, 0.15) is 53.7 Å². The number of nitrogens with zero attached hydrogens (tertiary/aromatic N) is 2. The highest BCUT2D eigenvalue weighted by atomic mass is 79.9. The van der Waals surface area contributed by atoms with E-state index in [1.165, 1.54) is 19.3 Å². The Morgan fingerprint density at radius 2 is 1.73 bits per heavy atom. The highest BCUT2D eigenvalue weighted by Crippen LogP contribution is 2.27. The summed E-state index contributed by atoms with van der Waals surface area (Å²) in [5.74, 6) is 0.111. The molecule has 0 N–H and O–H groups in total. The second-order valence-electron chi connectivity index (χ2n) is 7.95. The summed E-state index contributed by atoms with van der Waals surface area (Å²) in [6.07, 6.45) is 7.87. The molecular formula is C25H26BrClN2O. The molecule has 1 saturated carbocycles. The van der Waals surface area contributed by atoms with Crippen molar-refractivity contribution in [1.82, 2.24) is 9.47 Å². The maximum atomic E-state index is 13.5. The van der Waals surface area contributed by atoms with Gasteiger partial charge in [-0.05, 0) is 60.9 Å². The van der Waals surface area contributed by atoms with E-state index >= 15 is 0 Å². The first kappa shape index (κ1) is 21.2. The number of aromatic nitrogens is 1. The van der Waals surface area contributed by atoms with Gasteiger partial charge in [0.1, 0.15) is 0 Å². The SMILES string of the molecule is O=C(c1ccc(Br)cc1)N(Cc1cccn1Cc1ccccc1Cl)C1CCCCC1. The van der Waals surface area contributed by atoms with E-state index in [4.69, 9.17) is 11.6 Å². The number of halogens is 2. The minimum absolute atomic E-state index is 0.111. The lowest BCUT2D eigenvalue weighted by Crippen LogP contribution is -2.41. The zero-order valence-corrected chi connectivity index (χ0v) is 19.3. The second-order valence-corrected chi connectivity index (χ2v) is 9.27. The van der Waals surface area contributed by atoms with Gasteiger partial charge in [-0.1, -0.05) is 65.0 Å². The molecule has 3 nitrogen and oxygen atoms in total. The Bertz CT molecular complexity index is 992. The molecule has 3 aromatic rings. The predicted molar refractivity (Wildman–Crippen MR) is 126 cm³/mol. The number of benzene rings is 2. The molecule has 1 aliphatic carbocycles. The van der Waals surface area contributed by atoms with Gasteiger partial charge in [-0.15, -0.1) is 0 Å². The molecule has 0 atom stereocenters. The number of rotatable bonds is 6. The van der Waals surface area contributed by atoms with Crippen LogP contribution in [-0.2, 0) is 13.1 Å². The van der Waals surface area contributed by atoms with Crippen LogP contribution in [0.25, 0.3) is 0 Å². The van der Waals surface area contributed by atoms with Crippen LogP contribution >= 0.6 is 27.5 Å². The highest BCUT2D eigenvalue weighted by Gasteiger charge is 2.27. The van der Waals surface area contributed by atoms with Crippen molar-refractivity contribution in [2.45, 2.75) is 51.2 Å². The fourth-order valence-corrected chi connectivity index (χ4v) is 4.71. The monoisotopic (exact) mass is 484 g/mol. The highest BCUT2D eigenvalue weighted by molar-refractivity contribution is 9.10. The molecular weight excluding hydrogens is 460 g/mol. The summed E-state index contributed by atoms with van der Waals surface area (Å²) in [4.78, 5) is 15.6. The van der Waals surface area contributed by atoms with Crippen LogP contribution in [0.5, 0.6) is 0 Å². The Balaban J connectivity index is 1.59. The number of hydrogen-bond donors (Lipinski definition) is 0. The molecule has 1 aliphatic rings. The van der Waals surface area contributed by atoms with Gasteiger partial charge in [0.15, 0.2) is 0 Å². The molecule has 4 rings (SSSR count). The molecule has 5 heteroatoms. The molecule has 1 heterocycles. The zero-order valence-electron chi connectivity index (χ0n) is 16.9. The third-order valence-electron chi connectivity index (χ3n) is 5.92. The van der Waals surface area contributed by atoms with E-state index in [-0.39, 0.29) is 5.91 Å². The third-order valence-corrected chi connectivity index (χ3v) is 6.82. The lowest BCUT2D eigenvalue weighted by Gasteiger charge is -2.35. The van der Waals surface area contributed by atoms with Crippen LogP contribution in [0.4, 0.5) is 0 Å². The Morgan fingerprint density at radius 1 is 1.00 bits per heavy atom. The van der Waals surface area contributed by atoms with Gasteiger partial charge in [-0.25, -0.2) is 0 Å². The third kappa shape index (κ3) is 4.98. The molecule has 1 fully saturated rings. The van der Waals surface area contributed by atoms with Gasteiger partial charge >= 0.3 is 0 Å². The summed E-state index contributed by atoms with van der Waals surface area (Å²) in [6.45, 7) is 1.31. The predicted octanol–water partition coefficient (Wildman–Crippen LogP) is 6.93. The molecule has 0 spiro atoms. The molecule has 0 radical (unpaired) electrons. The first-order valence-electron chi connectivity index (χ1n) is 10.6. The minimum atomic E-state index is 0.111. The summed E-state index contributed by atoms with van der Waals surface area (Å²) < 4.78 is 3.18. The van der Waals surface area contributed by atoms with Crippen molar-refractivity contribution in [3.8, 4) is 0 Å². The van der Waals surface area contributed by atoms with E-state index in [9.17, 15) is 4.79 Å². The van der Waals surface area contributed by atoms with Gasteiger partial charge in [0.2, 0.25) is 0 Å². The number of carbonyl (C=O) groups is 1. The lowest BCUT2D eigenvalue weighted by atomic mass is 9.93. The van der Waals surface area contributed by atoms with Gasteiger partial charge in [0.25, 0.3) is 5.91 Å². The molecule has 0 unspecified atom stereocenters. The molecule has 156 valence electrons. The fourth-order valence-electron chi connectivity index (χ4n) is 4.25. The molecule has 1 amide bonds. The smallest absolute Gasteiger partial charge is 0.254 e. The summed E-state index contributed by atoms with van der Waals surface area (Å²) >= 11 is 9.85. The Labute approximate surface area is 191 Å². The first-order chi connectivity index (χ1) is 14.6. The standard InChI is InChI=1S/C25H26BrClN2O/c26-21-14-12-19(13-15-21)25(30)29(22-8-2-1-3-9-22)18-23-10-6-16-28(23)17-20-7-4-5-11-24(20)27/h4-7,10-16,22H,1-3,8-9,17-18H2.